The highest BCUT2D eigenvalue weighted by Crippen LogP contribution is 2.31. The summed E-state index contributed by atoms with van der Waals surface area (Å²) in [6.07, 6.45) is 5.13. The van der Waals surface area contributed by atoms with Gasteiger partial charge in [0.25, 0.3) is 0 Å². The fourth-order valence-electron chi connectivity index (χ4n) is 2.39. The maximum atomic E-state index is 12.4. The highest BCUT2D eigenvalue weighted by molar-refractivity contribution is 6.34. The zero-order valence-corrected chi connectivity index (χ0v) is 14.4. The Morgan fingerprint density at radius 3 is 2.33 bits per heavy atom. The lowest BCUT2D eigenvalue weighted by Crippen LogP contribution is -2.02. The Morgan fingerprint density at radius 1 is 0.958 bits per heavy atom. The minimum atomic E-state index is -0.208. The van der Waals surface area contributed by atoms with Gasteiger partial charge in [0.1, 0.15) is 11.5 Å². The molecule has 2 aromatic carbocycles. The number of ether oxygens (including phenoxy) is 1. The summed E-state index contributed by atoms with van der Waals surface area (Å²) in [6, 6.07) is 14.3. The van der Waals surface area contributed by atoms with Gasteiger partial charge in [0.2, 0.25) is 0 Å². The largest absolute Gasteiger partial charge is 0.457 e. The predicted molar refractivity (Wildman–Crippen MR) is 98.1 cm³/mol. The van der Waals surface area contributed by atoms with E-state index in [1.54, 1.807) is 36.4 Å². The minimum Gasteiger partial charge on any atom is -0.457 e. The number of rotatable bonds is 3. The predicted octanol–water partition coefficient (Wildman–Crippen LogP) is 6.08. The van der Waals surface area contributed by atoms with Crippen LogP contribution in [-0.4, -0.2) is 5.78 Å². The van der Waals surface area contributed by atoms with Gasteiger partial charge in [-0.2, -0.15) is 0 Å². The number of benzene rings is 2. The fourth-order valence-corrected chi connectivity index (χ4v) is 2.85. The molecule has 1 aliphatic heterocycles. The van der Waals surface area contributed by atoms with Gasteiger partial charge in [0.15, 0.2) is 5.78 Å². The van der Waals surface area contributed by atoms with Crippen LogP contribution in [0.25, 0.3) is 5.76 Å². The molecule has 0 aromatic heterocycles. The molecule has 0 aliphatic carbocycles. The first-order chi connectivity index (χ1) is 11.5. The SMILES string of the molecule is CC1=C/C(=C\C(=O)c2ccccc2Cl)OC(c2ccccc2Cl)=C1. The van der Waals surface area contributed by atoms with Gasteiger partial charge >= 0.3 is 0 Å². The van der Waals surface area contributed by atoms with Crippen LogP contribution >= 0.6 is 23.2 Å². The fraction of sp³-hybridized carbons (Fsp3) is 0.0500. The van der Waals surface area contributed by atoms with Crippen molar-refractivity contribution in [3.8, 4) is 0 Å². The molecular formula is C20H14Cl2O2. The highest BCUT2D eigenvalue weighted by Gasteiger charge is 2.15. The lowest BCUT2D eigenvalue weighted by atomic mass is 10.1. The standard InChI is InChI=1S/C20H14Cl2O2/c1-13-10-14(12-19(23)15-6-2-4-8-17(15)21)24-20(11-13)16-7-3-5-9-18(16)22/h2-12H,1H3/b14-12+. The molecule has 0 fully saturated rings. The third-order valence-electron chi connectivity index (χ3n) is 3.51. The Hall–Kier alpha value is -2.29. The van der Waals surface area contributed by atoms with Crippen LogP contribution in [0.1, 0.15) is 22.8 Å². The zero-order valence-electron chi connectivity index (χ0n) is 12.9. The van der Waals surface area contributed by atoms with Gasteiger partial charge in [-0.3, -0.25) is 4.79 Å². The quantitative estimate of drug-likeness (QED) is 0.492. The van der Waals surface area contributed by atoms with Crippen LogP contribution in [0.4, 0.5) is 0 Å². The topological polar surface area (TPSA) is 26.3 Å². The van der Waals surface area contributed by atoms with Gasteiger partial charge in [-0.25, -0.2) is 0 Å². The third kappa shape index (κ3) is 3.61. The van der Waals surface area contributed by atoms with Crippen LogP contribution in [0.2, 0.25) is 10.0 Å². The lowest BCUT2D eigenvalue weighted by molar-refractivity contribution is 0.104. The highest BCUT2D eigenvalue weighted by atomic mass is 35.5. The maximum absolute atomic E-state index is 12.4. The van der Waals surface area contributed by atoms with Crippen molar-refractivity contribution >= 4 is 34.7 Å². The van der Waals surface area contributed by atoms with Crippen molar-refractivity contribution in [2.24, 2.45) is 0 Å². The molecule has 1 heterocycles. The lowest BCUT2D eigenvalue weighted by Gasteiger charge is -2.17. The second kappa shape index (κ2) is 7.08. The molecule has 120 valence electrons. The molecule has 0 saturated carbocycles. The second-order valence-corrected chi connectivity index (χ2v) is 6.18. The summed E-state index contributed by atoms with van der Waals surface area (Å²) in [4.78, 5) is 12.4. The molecule has 0 radical (unpaired) electrons. The van der Waals surface area contributed by atoms with E-state index in [9.17, 15) is 4.79 Å². The summed E-state index contributed by atoms with van der Waals surface area (Å²) in [6.45, 7) is 1.94. The van der Waals surface area contributed by atoms with Crippen LogP contribution in [0.5, 0.6) is 0 Å². The van der Waals surface area contributed by atoms with E-state index in [1.165, 1.54) is 6.08 Å². The molecular weight excluding hydrogens is 343 g/mol. The van der Waals surface area contributed by atoms with Crippen molar-refractivity contribution in [2.75, 3.05) is 0 Å². The molecule has 1 aliphatic rings. The Balaban J connectivity index is 1.92. The number of halogens is 2. The van der Waals surface area contributed by atoms with Crippen molar-refractivity contribution in [2.45, 2.75) is 6.92 Å². The number of ketones is 1. The van der Waals surface area contributed by atoms with E-state index < -0.39 is 0 Å². The molecule has 0 atom stereocenters. The van der Waals surface area contributed by atoms with Crippen LogP contribution in [-0.2, 0) is 4.74 Å². The molecule has 24 heavy (non-hydrogen) atoms. The van der Waals surface area contributed by atoms with Crippen LogP contribution in [0.15, 0.2) is 78.1 Å². The molecule has 3 rings (SSSR count). The van der Waals surface area contributed by atoms with Gasteiger partial charge in [-0.05, 0) is 48.9 Å². The van der Waals surface area contributed by atoms with Gasteiger partial charge in [0, 0.05) is 17.2 Å². The van der Waals surface area contributed by atoms with Crippen molar-refractivity contribution in [3.05, 3.63) is 99.3 Å². The van der Waals surface area contributed by atoms with Gasteiger partial charge in [0.05, 0.1) is 10.0 Å². The zero-order chi connectivity index (χ0) is 17.1. The van der Waals surface area contributed by atoms with E-state index in [0.29, 0.717) is 27.1 Å². The average molecular weight is 357 g/mol. The summed E-state index contributed by atoms with van der Waals surface area (Å²) < 4.78 is 5.85. The summed E-state index contributed by atoms with van der Waals surface area (Å²) in [7, 11) is 0. The molecule has 0 N–H and O–H groups in total. The summed E-state index contributed by atoms with van der Waals surface area (Å²) in [5.41, 5.74) is 2.19. The number of carbonyl (C=O) groups is 1. The van der Waals surface area contributed by atoms with Crippen LogP contribution in [0.3, 0.4) is 0 Å². The van der Waals surface area contributed by atoms with Crippen LogP contribution in [0, 0.1) is 0 Å². The molecule has 2 aromatic rings. The Labute approximate surface area is 150 Å². The number of hydrogen-bond donors (Lipinski definition) is 0. The van der Waals surface area contributed by atoms with E-state index in [-0.39, 0.29) is 5.78 Å². The van der Waals surface area contributed by atoms with E-state index >= 15 is 0 Å². The Morgan fingerprint density at radius 2 is 1.62 bits per heavy atom. The summed E-state index contributed by atoms with van der Waals surface area (Å²) in [5.74, 6) is 0.855. The van der Waals surface area contributed by atoms with E-state index in [0.717, 1.165) is 11.1 Å². The molecule has 0 bridgehead atoms. The maximum Gasteiger partial charge on any atom is 0.191 e. The van der Waals surface area contributed by atoms with Crippen molar-refractivity contribution in [1.29, 1.82) is 0 Å². The molecule has 0 unspecified atom stereocenters. The average Bonchev–Trinajstić information content (AvgIpc) is 2.55. The molecule has 0 amide bonds. The summed E-state index contributed by atoms with van der Waals surface area (Å²) >= 11 is 12.3. The first-order valence-electron chi connectivity index (χ1n) is 7.38. The monoisotopic (exact) mass is 356 g/mol. The first-order valence-corrected chi connectivity index (χ1v) is 8.13. The Kier molecular flexibility index (Phi) is 4.89. The number of hydrogen-bond acceptors (Lipinski definition) is 2. The smallest absolute Gasteiger partial charge is 0.191 e. The number of carbonyl (C=O) groups excluding carboxylic acids is 1. The molecule has 0 spiro atoms. The van der Waals surface area contributed by atoms with E-state index in [4.69, 9.17) is 27.9 Å². The number of allylic oxidation sites excluding steroid dienone is 4. The van der Waals surface area contributed by atoms with Crippen molar-refractivity contribution < 1.29 is 9.53 Å². The second-order valence-electron chi connectivity index (χ2n) is 5.37. The van der Waals surface area contributed by atoms with Crippen molar-refractivity contribution in [1.82, 2.24) is 0 Å². The third-order valence-corrected chi connectivity index (χ3v) is 4.17. The first kappa shape index (κ1) is 16.6. The van der Waals surface area contributed by atoms with E-state index in [1.807, 2.05) is 31.2 Å². The molecule has 4 heteroatoms. The normalized spacial score (nSPS) is 15.5. The van der Waals surface area contributed by atoms with Gasteiger partial charge < -0.3 is 4.74 Å². The summed E-state index contributed by atoms with van der Waals surface area (Å²) in [5, 5.41) is 1.01. The van der Waals surface area contributed by atoms with E-state index in [2.05, 4.69) is 0 Å². The Bertz CT molecular complexity index is 892. The minimum absolute atomic E-state index is 0.208. The van der Waals surface area contributed by atoms with Crippen LogP contribution < -0.4 is 0 Å². The van der Waals surface area contributed by atoms with Gasteiger partial charge in [-0.1, -0.05) is 47.5 Å². The molecule has 0 saturated heterocycles. The van der Waals surface area contributed by atoms with Gasteiger partial charge in [-0.15, -0.1) is 0 Å². The molecule has 2 nitrogen and oxygen atoms in total. The van der Waals surface area contributed by atoms with Crippen molar-refractivity contribution in [3.63, 3.8) is 0 Å².